The van der Waals surface area contributed by atoms with Crippen LogP contribution in [0.3, 0.4) is 0 Å². The maximum Gasteiger partial charge on any atom is 0.408 e. The maximum atomic E-state index is 12.3. The molecule has 0 aliphatic carbocycles. The van der Waals surface area contributed by atoms with E-state index >= 15 is 0 Å². The lowest BCUT2D eigenvalue weighted by molar-refractivity contribution is -0.163. The van der Waals surface area contributed by atoms with E-state index in [9.17, 15) is 19.2 Å². The highest BCUT2D eigenvalue weighted by Crippen LogP contribution is 2.13. The van der Waals surface area contributed by atoms with E-state index in [2.05, 4.69) is 5.32 Å². The van der Waals surface area contributed by atoms with E-state index < -0.39 is 47.3 Å². The minimum atomic E-state index is -1.30. The summed E-state index contributed by atoms with van der Waals surface area (Å²) in [6, 6.07) is -1.14. The first-order valence-electron chi connectivity index (χ1n) is 8.25. The second-order valence-electron chi connectivity index (χ2n) is 7.74. The topological polar surface area (TPSA) is 128 Å². The van der Waals surface area contributed by atoms with Gasteiger partial charge in [-0.05, 0) is 54.9 Å². The van der Waals surface area contributed by atoms with E-state index in [0.29, 0.717) is 0 Å². The second kappa shape index (κ2) is 9.40. The predicted octanol–water partition coefficient (Wildman–Crippen LogP) is 2.02. The third-order valence-corrected chi connectivity index (χ3v) is 2.68. The SMILES string of the molecule is C[C@H](OC(=O)CC[C@H](NC(=O)OC(C)(C)C)C(=O)OC(C)(C)C)C(=O)O. The van der Waals surface area contributed by atoms with Crippen LogP contribution in [0.25, 0.3) is 0 Å². The fourth-order valence-corrected chi connectivity index (χ4v) is 1.64. The summed E-state index contributed by atoms with van der Waals surface area (Å²) in [4.78, 5) is 46.6. The summed E-state index contributed by atoms with van der Waals surface area (Å²) >= 11 is 0. The number of carboxylic acid groups (broad SMARTS) is 1. The van der Waals surface area contributed by atoms with Crippen LogP contribution in [0.2, 0.25) is 0 Å². The molecule has 2 atom stereocenters. The number of nitrogens with one attached hydrogen (secondary N) is 1. The van der Waals surface area contributed by atoms with Gasteiger partial charge in [0.05, 0.1) is 0 Å². The number of ether oxygens (including phenoxy) is 3. The van der Waals surface area contributed by atoms with Crippen LogP contribution in [0.15, 0.2) is 0 Å². The van der Waals surface area contributed by atoms with Crippen LogP contribution in [0.1, 0.15) is 61.3 Å². The maximum absolute atomic E-state index is 12.3. The predicted molar refractivity (Wildman–Crippen MR) is 91.4 cm³/mol. The number of hydrogen-bond donors (Lipinski definition) is 2. The summed E-state index contributed by atoms with van der Waals surface area (Å²) < 4.78 is 15.0. The van der Waals surface area contributed by atoms with Crippen LogP contribution in [0.4, 0.5) is 4.79 Å². The van der Waals surface area contributed by atoms with Crippen molar-refractivity contribution in [3.8, 4) is 0 Å². The zero-order chi connectivity index (χ0) is 20.7. The van der Waals surface area contributed by atoms with Crippen LogP contribution < -0.4 is 5.32 Å². The molecule has 0 heterocycles. The fourth-order valence-electron chi connectivity index (χ4n) is 1.64. The monoisotopic (exact) mass is 375 g/mol. The number of carbonyl (C=O) groups excluding carboxylic acids is 3. The fraction of sp³-hybridized carbons (Fsp3) is 0.765. The minimum Gasteiger partial charge on any atom is -0.479 e. The summed E-state index contributed by atoms with van der Waals surface area (Å²) in [6.45, 7) is 11.2. The highest BCUT2D eigenvalue weighted by Gasteiger charge is 2.29. The molecule has 0 rings (SSSR count). The Kier molecular flexibility index (Phi) is 8.56. The van der Waals surface area contributed by atoms with Crippen molar-refractivity contribution in [2.24, 2.45) is 0 Å². The van der Waals surface area contributed by atoms with Crippen molar-refractivity contribution in [1.29, 1.82) is 0 Å². The van der Waals surface area contributed by atoms with Gasteiger partial charge in [-0.3, -0.25) is 4.79 Å². The van der Waals surface area contributed by atoms with Gasteiger partial charge in [-0.2, -0.15) is 0 Å². The van der Waals surface area contributed by atoms with Crippen molar-refractivity contribution < 1.29 is 38.5 Å². The molecule has 0 fully saturated rings. The van der Waals surface area contributed by atoms with Gasteiger partial charge in [0.15, 0.2) is 6.10 Å². The zero-order valence-electron chi connectivity index (χ0n) is 16.4. The van der Waals surface area contributed by atoms with Gasteiger partial charge in [-0.15, -0.1) is 0 Å². The molecular formula is C17H29NO8. The summed E-state index contributed by atoms with van der Waals surface area (Å²) in [7, 11) is 0. The first-order valence-corrected chi connectivity index (χ1v) is 8.25. The number of carboxylic acids is 1. The molecule has 0 aromatic heterocycles. The number of hydrogen-bond acceptors (Lipinski definition) is 7. The number of aliphatic carboxylic acids is 1. The van der Waals surface area contributed by atoms with Gasteiger partial charge in [-0.25, -0.2) is 14.4 Å². The number of alkyl carbamates (subject to hydrolysis) is 1. The molecule has 0 unspecified atom stereocenters. The van der Waals surface area contributed by atoms with Gasteiger partial charge < -0.3 is 24.6 Å². The number of esters is 2. The second-order valence-corrected chi connectivity index (χ2v) is 7.74. The quantitative estimate of drug-likeness (QED) is 0.511. The van der Waals surface area contributed by atoms with Crippen molar-refractivity contribution in [3.63, 3.8) is 0 Å². The lowest BCUT2D eigenvalue weighted by Crippen LogP contribution is -2.46. The normalized spacial score (nSPS) is 14.0. The van der Waals surface area contributed by atoms with E-state index in [1.54, 1.807) is 41.5 Å². The Morgan fingerprint density at radius 1 is 0.962 bits per heavy atom. The van der Waals surface area contributed by atoms with Crippen LogP contribution in [-0.4, -0.2) is 52.5 Å². The lowest BCUT2D eigenvalue weighted by atomic mass is 10.1. The zero-order valence-corrected chi connectivity index (χ0v) is 16.4. The highest BCUT2D eigenvalue weighted by molar-refractivity contribution is 5.83. The smallest absolute Gasteiger partial charge is 0.408 e. The Morgan fingerprint density at radius 2 is 1.46 bits per heavy atom. The first kappa shape index (κ1) is 23.7. The summed E-state index contributed by atoms with van der Waals surface area (Å²) in [5, 5.41) is 11.1. The summed E-state index contributed by atoms with van der Waals surface area (Å²) in [5.41, 5.74) is -1.55. The van der Waals surface area contributed by atoms with Crippen LogP contribution in [0.5, 0.6) is 0 Å². The average Bonchev–Trinajstić information content (AvgIpc) is 2.38. The molecule has 0 aliphatic heterocycles. The number of carbonyl (C=O) groups is 4. The van der Waals surface area contributed by atoms with Crippen molar-refractivity contribution in [1.82, 2.24) is 5.32 Å². The number of rotatable bonds is 7. The minimum absolute atomic E-state index is 0.126. The molecule has 0 aromatic carbocycles. The Balaban J connectivity index is 4.93. The van der Waals surface area contributed by atoms with Gasteiger partial charge >= 0.3 is 24.0 Å². The van der Waals surface area contributed by atoms with E-state index in [1.165, 1.54) is 6.92 Å². The summed E-state index contributed by atoms with van der Waals surface area (Å²) in [5.74, 6) is -2.82. The van der Waals surface area contributed by atoms with Gasteiger partial charge in [0.25, 0.3) is 0 Å². The molecule has 2 N–H and O–H groups in total. The molecule has 0 bridgehead atoms. The molecule has 26 heavy (non-hydrogen) atoms. The lowest BCUT2D eigenvalue weighted by Gasteiger charge is -2.26. The average molecular weight is 375 g/mol. The molecule has 1 amide bonds. The molecule has 150 valence electrons. The van der Waals surface area contributed by atoms with Gasteiger partial charge in [0.2, 0.25) is 0 Å². The molecule has 0 saturated carbocycles. The first-order chi connectivity index (χ1) is 11.6. The largest absolute Gasteiger partial charge is 0.479 e. The molecule has 9 heteroatoms. The van der Waals surface area contributed by atoms with Gasteiger partial charge in [0.1, 0.15) is 17.2 Å². The number of amides is 1. The molecular weight excluding hydrogens is 346 g/mol. The molecule has 0 aliphatic rings. The van der Waals surface area contributed by atoms with Crippen LogP contribution >= 0.6 is 0 Å². The third-order valence-electron chi connectivity index (χ3n) is 2.68. The van der Waals surface area contributed by atoms with Crippen molar-refractivity contribution in [2.75, 3.05) is 0 Å². The van der Waals surface area contributed by atoms with E-state index in [1.807, 2.05) is 0 Å². The Bertz CT molecular complexity index is 530. The van der Waals surface area contributed by atoms with Crippen LogP contribution in [0, 0.1) is 0 Å². The van der Waals surface area contributed by atoms with Gasteiger partial charge in [0, 0.05) is 6.42 Å². The van der Waals surface area contributed by atoms with Crippen molar-refractivity contribution in [3.05, 3.63) is 0 Å². The summed E-state index contributed by atoms with van der Waals surface area (Å²) in [6.07, 6.45) is -2.54. The van der Waals surface area contributed by atoms with Crippen LogP contribution in [-0.2, 0) is 28.6 Å². The molecule has 9 nitrogen and oxygen atoms in total. The molecule has 0 saturated heterocycles. The van der Waals surface area contributed by atoms with Crippen molar-refractivity contribution >= 4 is 24.0 Å². The van der Waals surface area contributed by atoms with E-state index in [4.69, 9.17) is 19.3 Å². The standard InChI is InChI=1S/C17H29NO8/c1-10(13(20)21)24-12(19)9-8-11(14(22)25-16(2,3)4)18-15(23)26-17(5,6)7/h10-11H,8-9H2,1-7H3,(H,18,23)(H,20,21)/t10-,11-/m0/s1. The Morgan fingerprint density at radius 3 is 1.88 bits per heavy atom. The van der Waals surface area contributed by atoms with Gasteiger partial charge in [-0.1, -0.05) is 0 Å². The van der Waals surface area contributed by atoms with E-state index in [0.717, 1.165) is 0 Å². The Hall–Kier alpha value is -2.32. The molecule has 0 aromatic rings. The molecule has 0 spiro atoms. The Labute approximate surface area is 153 Å². The third kappa shape index (κ3) is 11.3. The van der Waals surface area contributed by atoms with Crippen molar-refractivity contribution in [2.45, 2.75) is 84.7 Å². The highest BCUT2D eigenvalue weighted by atomic mass is 16.6. The van der Waals surface area contributed by atoms with E-state index in [-0.39, 0.29) is 12.8 Å². The molecule has 0 radical (unpaired) electrons.